The van der Waals surface area contributed by atoms with Gasteiger partial charge in [-0.1, -0.05) is 11.2 Å². The Morgan fingerprint density at radius 1 is 1.04 bits per heavy atom. The first-order chi connectivity index (χ1) is 12.7. The van der Waals surface area contributed by atoms with Crippen molar-refractivity contribution < 1.29 is 13.3 Å². The summed E-state index contributed by atoms with van der Waals surface area (Å²) in [6.07, 6.45) is 2.56. The number of aromatic nitrogens is 5. The first kappa shape index (κ1) is 16.5. The smallest absolute Gasteiger partial charge is 0.248 e. The summed E-state index contributed by atoms with van der Waals surface area (Å²) in [4.78, 5) is 8.48. The van der Waals surface area contributed by atoms with Crippen LogP contribution in [-0.2, 0) is 12.8 Å². The van der Waals surface area contributed by atoms with Gasteiger partial charge in [-0.3, -0.25) is 4.98 Å². The van der Waals surface area contributed by atoms with Crippen molar-refractivity contribution in [3.8, 4) is 23.0 Å². The van der Waals surface area contributed by atoms with Crippen molar-refractivity contribution in [1.29, 1.82) is 0 Å². The lowest BCUT2D eigenvalue weighted by molar-refractivity contribution is 0.373. The Morgan fingerprint density at radius 2 is 1.92 bits per heavy atom. The van der Waals surface area contributed by atoms with Crippen molar-refractivity contribution >= 4 is 15.9 Å². The fraction of sp³-hybridized carbons (Fsp3) is 0.118. The van der Waals surface area contributed by atoms with E-state index in [1.165, 1.54) is 12.1 Å². The van der Waals surface area contributed by atoms with Gasteiger partial charge in [-0.2, -0.15) is 4.98 Å². The maximum absolute atomic E-state index is 13.2. The minimum absolute atomic E-state index is 0.312. The van der Waals surface area contributed by atoms with Crippen molar-refractivity contribution in [2.24, 2.45) is 0 Å². The van der Waals surface area contributed by atoms with Gasteiger partial charge >= 0.3 is 0 Å². The molecule has 0 spiro atoms. The van der Waals surface area contributed by atoms with Crippen LogP contribution in [0.25, 0.3) is 23.0 Å². The lowest BCUT2D eigenvalue weighted by Gasteiger charge is -1.98. The number of nitrogens with zero attached hydrogens (tertiary/aromatic N) is 5. The molecule has 0 atom stereocenters. The van der Waals surface area contributed by atoms with Gasteiger partial charge in [0.15, 0.2) is 0 Å². The van der Waals surface area contributed by atoms with Crippen LogP contribution in [-0.4, -0.2) is 25.3 Å². The molecule has 3 aromatic heterocycles. The summed E-state index contributed by atoms with van der Waals surface area (Å²) >= 11 is 3.29. The second-order valence-corrected chi connectivity index (χ2v) is 6.21. The second-order valence-electron chi connectivity index (χ2n) is 5.35. The molecular formula is C17H11BrFN5O2. The minimum atomic E-state index is -0.347. The van der Waals surface area contributed by atoms with Crippen LogP contribution in [0, 0.1) is 5.82 Å². The Labute approximate surface area is 155 Å². The molecule has 9 heteroatoms. The van der Waals surface area contributed by atoms with E-state index < -0.39 is 0 Å². The Balaban J connectivity index is 1.45. The first-order valence-electron chi connectivity index (χ1n) is 7.71. The predicted octanol–water partition coefficient (Wildman–Crippen LogP) is 3.87. The summed E-state index contributed by atoms with van der Waals surface area (Å²) in [5.41, 5.74) is 1.27. The number of pyridine rings is 1. The second kappa shape index (κ2) is 7.12. The van der Waals surface area contributed by atoms with E-state index in [0.29, 0.717) is 52.1 Å². The molecule has 4 rings (SSSR count). The summed E-state index contributed by atoms with van der Waals surface area (Å²) in [5, 5.41) is 11.9. The highest BCUT2D eigenvalue weighted by molar-refractivity contribution is 9.10. The Bertz CT molecular complexity index is 1030. The molecule has 7 nitrogen and oxygen atoms in total. The molecule has 0 unspecified atom stereocenters. The first-order valence-corrected chi connectivity index (χ1v) is 8.50. The number of benzene rings is 1. The molecule has 0 saturated carbocycles. The molecule has 0 N–H and O–H groups in total. The van der Waals surface area contributed by atoms with Crippen LogP contribution in [0.5, 0.6) is 0 Å². The van der Waals surface area contributed by atoms with Crippen LogP contribution in [0.3, 0.4) is 0 Å². The molecule has 0 bridgehead atoms. The monoisotopic (exact) mass is 415 g/mol. The van der Waals surface area contributed by atoms with Crippen LogP contribution < -0.4 is 0 Å². The normalized spacial score (nSPS) is 11.0. The van der Waals surface area contributed by atoms with Gasteiger partial charge in [0, 0.05) is 23.5 Å². The van der Waals surface area contributed by atoms with Crippen LogP contribution in [0.4, 0.5) is 4.39 Å². The van der Waals surface area contributed by atoms with Crippen molar-refractivity contribution in [1.82, 2.24) is 25.3 Å². The topological polar surface area (TPSA) is 90.7 Å². The zero-order chi connectivity index (χ0) is 17.9. The van der Waals surface area contributed by atoms with Gasteiger partial charge in [-0.25, -0.2) is 4.39 Å². The third-order valence-electron chi connectivity index (χ3n) is 3.54. The quantitative estimate of drug-likeness (QED) is 0.488. The number of hydrogen-bond acceptors (Lipinski definition) is 7. The van der Waals surface area contributed by atoms with Gasteiger partial charge in [-0.05, 0) is 46.3 Å². The van der Waals surface area contributed by atoms with Gasteiger partial charge in [0.25, 0.3) is 0 Å². The molecule has 130 valence electrons. The maximum atomic E-state index is 13.2. The molecule has 0 aliphatic carbocycles. The number of aryl methyl sites for hydroxylation is 2. The van der Waals surface area contributed by atoms with Crippen molar-refractivity contribution in [3.05, 3.63) is 64.7 Å². The third-order valence-corrected chi connectivity index (χ3v) is 4.20. The lowest BCUT2D eigenvalue weighted by atomic mass is 10.2. The van der Waals surface area contributed by atoms with Crippen molar-refractivity contribution in [2.45, 2.75) is 12.8 Å². The molecule has 26 heavy (non-hydrogen) atoms. The van der Waals surface area contributed by atoms with Crippen molar-refractivity contribution in [2.75, 3.05) is 0 Å². The average molecular weight is 416 g/mol. The Hall–Kier alpha value is -2.94. The van der Waals surface area contributed by atoms with Crippen LogP contribution in [0.2, 0.25) is 0 Å². The molecular weight excluding hydrogens is 405 g/mol. The molecule has 0 fully saturated rings. The van der Waals surface area contributed by atoms with E-state index >= 15 is 0 Å². The largest absolute Gasteiger partial charge is 0.421 e. The summed E-state index contributed by atoms with van der Waals surface area (Å²) in [7, 11) is 0. The highest BCUT2D eigenvalue weighted by Crippen LogP contribution is 2.28. The number of rotatable bonds is 5. The van der Waals surface area contributed by atoms with Gasteiger partial charge < -0.3 is 8.94 Å². The van der Waals surface area contributed by atoms with E-state index in [1.807, 2.05) is 12.1 Å². The number of halogens is 2. The van der Waals surface area contributed by atoms with Crippen LogP contribution >= 0.6 is 15.9 Å². The van der Waals surface area contributed by atoms with E-state index in [2.05, 4.69) is 41.3 Å². The summed E-state index contributed by atoms with van der Waals surface area (Å²) in [5.74, 6) is 1.27. The standard InChI is InChI=1S/C17H11BrFN5O2/c18-12-9-10(19)4-5-11(12)17-23-22-15(25-17)7-6-14-21-16(24-26-14)13-3-1-2-8-20-13/h1-5,8-9H,6-7H2. The van der Waals surface area contributed by atoms with Gasteiger partial charge in [0.05, 0.1) is 5.56 Å². The van der Waals surface area contributed by atoms with E-state index in [-0.39, 0.29) is 5.82 Å². The van der Waals surface area contributed by atoms with Crippen molar-refractivity contribution in [3.63, 3.8) is 0 Å². The van der Waals surface area contributed by atoms with E-state index in [4.69, 9.17) is 8.94 Å². The zero-order valence-electron chi connectivity index (χ0n) is 13.3. The molecule has 4 aromatic rings. The molecule has 1 aromatic carbocycles. The van der Waals surface area contributed by atoms with Crippen LogP contribution in [0.1, 0.15) is 11.8 Å². The molecule has 3 heterocycles. The van der Waals surface area contributed by atoms with Gasteiger partial charge in [0.1, 0.15) is 11.5 Å². The molecule has 0 saturated heterocycles. The fourth-order valence-electron chi connectivity index (χ4n) is 2.30. The average Bonchev–Trinajstić information content (AvgIpc) is 3.30. The summed E-state index contributed by atoms with van der Waals surface area (Å²) in [6, 6.07) is 9.73. The maximum Gasteiger partial charge on any atom is 0.248 e. The Morgan fingerprint density at radius 3 is 2.73 bits per heavy atom. The highest BCUT2D eigenvalue weighted by Gasteiger charge is 2.14. The van der Waals surface area contributed by atoms with E-state index in [9.17, 15) is 4.39 Å². The minimum Gasteiger partial charge on any atom is -0.421 e. The molecule has 0 aliphatic heterocycles. The van der Waals surface area contributed by atoms with Crippen LogP contribution in [0.15, 0.2) is 56.0 Å². The SMILES string of the molecule is Fc1ccc(-c2nnc(CCc3nc(-c4ccccn4)no3)o2)c(Br)c1. The zero-order valence-corrected chi connectivity index (χ0v) is 14.9. The molecule has 0 radical (unpaired) electrons. The van der Waals surface area contributed by atoms with E-state index in [1.54, 1.807) is 18.3 Å². The number of hydrogen-bond donors (Lipinski definition) is 0. The van der Waals surface area contributed by atoms with Gasteiger partial charge in [-0.15, -0.1) is 10.2 Å². The molecule has 0 aliphatic rings. The van der Waals surface area contributed by atoms with E-state index in [0.717, 1.165) is 0 Å². The molecule has 0 amide bonds. The lowest BCUT2D eigenvalue weighted by Crippen LogP contribution is -1.92. The van der Waals surface area contributed by atoms with Gasteiger partial charge in [0.2, 0.25) is 23.5 Å². The third kappa shape index (κ3) is 3.52. The fourth-order valence-corrected chi connectivity index (χ4v) is 2.82. The highest BCUT2D eigenvalue weighted by atomic mass is 79.9. The summed E-state index contributed by atoms with van der Waals surface area (Å²) in [6.45, 7) is 0. The summed E-state index contributed by atoms with van der Waals surface area (Å²) < 4.78 is 24.6. The predicted molar refractivity (Wildman–Crippen MR) is 92.3 cm³/mol. The Kier molecular flexibility index (Phi) is 4.53.